The molecule has 5 rings (SSSR count). The van der Waals surface area contributed by atoms with Crippen molar-refractivity contribution in [1.82, 2.24) is 0 Å². The Morgan fingerprint density at radius 2 is 1.90 bits per heavy atom. The molecule has 0 spiro atoms. The molecule has 2 aliphatic carbocycles. The van der Waals surface area contributed by atoms with Gasteiger partial charge < -0.3 is 9.47 Å². The number of nitrogens with zero attached hydrogens (tertiary/aromatic N) is 3. The van der Waals surface area contributed by atoms with E-state index in [9.17, 15) is 15.8 Å². The predicted octanol–water partition coefficient (Wildman–Crippen LogP) is 4.29. The zero-order chi connectivity index (χ0) is 21.3. The van der Waals surface area contributed by atoms with Gasteiger partial charge in [0.2, 0.25) is 11.7 Å². The summed E-state index contributed by atoms with van der Waals surface area (Å²) in [6, 6.07) is 13.4. The summed E-state index contributed by atoms with van der Waals surface area (Å²) in [4.78, 5) is 0. The van der Waals surface area contributed by atoms with Crippen molar-refractivity contribution in [2.45, 2.75) is 31.7 Å². The first-order chi connectivity index (χ1) is 14.4. The van der Waals surface area contributed by atoms with Gasteiger partial charge in [0.1, 0.15) is 0 Å². The quantitative estimate of drug-likeness (QED) is 0.719. The molecule has 4 bridgehead atoms. The summed E-state index contributed by atoms with van der Waals surface area (Å²) in [5.74, 6) is -2.14. The minimum Gasteiger partial charge on any atom is -0.443 e. The normalized spacial score (nSPS) is 42.2. The van der Waals surface area contributed by atoms with Gasteiger partial charge in [-0.15, -0.1) is 0 Å². The minimum atomic E-state index is -1.85. The molecule has 1 aromatic carbocycles. The number of nitriles is 3. The molecule has 1 aromatic rings. The highest BCUT2D eigenvalue weighted by atomic mass is 35.5. The number of ether oxygens (including phenoxy) is 2. The molecule has 2 aliphatic heterocycles. The fourth-order valence-electron chi connectivity index (χ4n) is 6.18. The van der Waals surface area contributed by atoms with Crippen LogP contribution in [0.3, 0.4) is 0 Å². The van der Waals surface area contributed by atoms with Crippen LogP contribution in [0, 0.1) is 73.9 Å². The summed E-state index contributed by atoms with van der Waals surface area (Å²) in [6.07, 6.45) is 5.16. The Morgan fingerprint density at radius 3 is 2.47 bits per heavy atom. The summed E-state index contributed by atoms with van der Waals surface area (Å²) in [6.45, 7) is 1.71. The third kappa shape index (κ3) is 1.98. The van der Waals surface area contributed by atoms with Gasteiger partial charge in [-0.1, -0.05) is 42.8 Å². The number of allylic oxidation sites excluding steroid dienone is 2. The lowest BCUT2D eigenvalue weighted by atomic mass is 9.52. The topological polar surface area (TPSA) is 114 Å². The van der Waals surface area contributed by atoms with Crippen LogP contribution in [0.2, 0.25) is 5.02 Å². The largest absolute Gasteiger partial charge is 0.443 e. The molecular formula is C23H19ClN4O2. The Balaban J connectivity index is 1.76. The van der Waals surface area contributed by atoms with Crippen LogP contribution in [0.4, 0.5) is 0 Å². The third-order valence-corrected chi connectivity index (χ3v) is 7.89. The number of benzene rings is 1. The van der Waals surface area contributed by atoms with Crippen LogP contribution < -0.4 is 0 Å². The van der Waals surface area contributed by atoms with Gasteiger partial charge in [-0.2, -0.15) is 15.8 Å². The molecule has 0 radical (unpaired) electrons. The Labute approximate surface area is 179 Å². The molecule has 150 valence electrons. The standard InChI is InChI=1S/C23H19ClN4O2/c1-13-22(12-27)20(28)30-23(13,16-3-2-4-17(24)9-16)29-19(21(22,10-25)11-26)18-8-14-5-6-15(18)7-14/h2-6,9,13-15,18-19,28H,7-8H2,1H3. The maximum absolute atomic E-state index is 10.3. The zero-order valence-electron chi connectivity index (χ0n) is 16.3. The molecule has 2 heterocycles. The monoisotopic (exact) mass is 418 g/mol. The van der Waals surface area contributed by atoms with Crippen LogP contribution in [0.1, 0.15) is 25.3 Å². The average Bonchev–Trinajstić information content (AvgIpc) is 3.41. The van der Waals surface area contributed by atoms with Crippen LogP contribution >= 0.6 is 11.6 Å². The molecule has 0 aromatic heterocycles. The van der Waals surface area contributed by atoms with Crippen LogP contribution in [0.25, 0.3) is 0 Å². The molecule has 3 fully saturated rings. The van der Waals surface area contributed by atoms with Crippen molar-refractivity contribution < 1.29 is 9.47 Å². The summed E-state index contributed by atoms with van der Waals surface area (Å²) in [5.41, 5.74) is -3.01. The van der Waals surface area contributed by atoms with E-state index in [4.69, 9.17) is 26.5 Å². The third-order valence-electron chi connectivity index (χ3n) is 7.66. The SMILES string of the molecule is CC1C2(c3cccc(Cl)c3)OC(=N)C1(C#N)C(C#N)(C#N)C(C1CC3C=CC1C3)O2. The van der Waals surface area contributed by atoms with E-state index >= 15 is 0 Å². The van der Waals surface area contributed by atoms with Gasteiger partial charge in [0, 0.05) is 10.6 Å². The molecule has 1 N–H and O–H groups in total. The van der Waals surface area contributed by atoms with Crippen molar-refractivity contribution in [3.05, 3.63) is 47.0 Å². The molecule has 7 atom stereocenters. The number of nitrogens with one attached hydrogen (secondary N) is 1. The van der Waals surface area contributed by atoms with Crippen LogP contribution in [-0.4, -0.2) is 12.0 Å². The first kappa shape index (κ1) is 19.1. The molecule has 6 nitrogen and oxygen atoms in total. The second kappa shape index (κ2) is 6.08. The van der Waals surface area contributed by atoms with E-state index in [1.807, 2.05) is 0 Å². The van der Waals surface area contributed by atoms with Crippen LogP contribution in [-0.2, 0) is 15.3 Å². The number of halogens is 1. The molecule has 2 saturated heterocycles. The van der Waals surface area contributed by atoms with Crippen molar-refractivity contribution in [2.24, 2.45) is 34.5 Å². The van der Waals surface area contributed by atoms with Crippen LogP contribution in [0.5, 0.6) is 0 Å². The van der Waals surface area contributed by atoms with Crippen LogP contribution in [0.15, 0.2) is 36.4 Å². The lowest BCUT2D eigenvalue weighted by Gasteiger charge is -2.51. The Hall–Kier alpha value is -2.85. The Morgan fingerprint density at radius 1 is 1.13 bits per heavy atom. The number of fused-ring (bicyclic) bond motifs is 4. The first-order valence-electron chi connectivity index (χ1n) is 10.0. The van der Waals surface area contributed by atoms with Gasteiger partial charge in [-0.05, 0) is 42.7 Å². The molecule has 30 heavy (non-hydrogen) atoms. The highest BCUT2D eigenvalue weighted by Crippen LogP contribution is 2.68. The summed E-state index contributed by atoms with van der Waals surface area (Å²) in [5, 5.41) is 40.1. The summed E-state index contributed by atoms with van der Waals surface area (Å²) >= 11 is 6.23. The number of hydrogen-bond donors (Lipinski definition) is 1. The number of rotatable bonds is 2. The van der Waals surface area contributed by atoms with E-state index < -0.39 is 28.6 Å². The fraction of sp³-hybridized carbons (Fsp3) is 0.478. The first-order valence-corrected chi connectivity index (χ1v) is 10.4. The van der Waals surface area contributed by atoms with E-state index in [0.29, 0.717) is 16.5 Å². The van der Waals surface area contributed by atoms with E-state index in [1.54, 1.807) is 31.2 Å². The predicted molar refractivity (Wildman–Crippen MR) is 107 cm³/mol. The molecule has 0 amide bonds. The van der Waals surface area contributed by atoms with Crippen molar-refractivity contribution >= 4 is 17.5 Å². The highest BCUT2D eigenvalue weighted by Gasteiger charge is 2.80. The van der Waals surface area contributed by atoms with E-state index in [0.717, 1.165) is 12.8 Å². The average molecular weight is 419 g/mol. The van der Waals surface area contributed by atoms with E-state index in [1.165, 1.54) is 0 Å². The van der Waals surface area contributed by atoms with Gasteiger partial charge in [0.25, 0.3) is 0 Å². The fourth-order valence-corrected chi connectivity index (χ4v) is 6.37. The Kier molecular flexibility index (Phi) is 3.88. The molecule has 7 heteroatoms. The summed E-state index contributed by atoms with van der Waals surface area (Å²) < 4.78 is 12.6. The Bertz CT molecular complexity index is 1100. The second-order valence-corrected chi connectivity index (χ2v) is 9.20. The maximum Gasteiger partial charge on any atom is 0.243 e. The maximum atomic E-state index is 10.3. The number of hydrogen-bond acceptors (Lipinski definition) is 6. The van der Waals surface area contributed by atoms with Gasteiger partial charge in [-0.3, -0.25) is 5.41 Å². The smallest absolute Gasteiger partial charge is 0.243 e. The molecular weight excluding hydrogens is 400 g/mol. The molecule has 4 aliphatic rings. The zero-order valence-corrected chi connectivity index (χ0v) is 17.1. The van der Waals surface area contributed by atoms with Crippen molar-refractivity contribution in [3.8, 4) is 18.2 Å². The van der Waals surface area contributed by atoms with Gasteiger partial charge in [-0.25, -0.2) is 0 Å². The van der Waals surface area contributed by atoms with E-state index in [2.05, 4.69) is 30.4 Å². The van der Waals surface area contributed by atoms with Gasteiger partial charge in [0.15, 0.2) is 10.8 Å². The van der Waals surface area contributed by atoms with Crippen molar-refractivity contribution in [2.75, 3.05) is 0 Å². The summed E-state index contributed by atoms with van der Waals surface area (Å²) in [7, 11) is 0. The lowest BCUT2D eigenvalue weighted by Crippen LogP contribution is -2.63. The lowest BCUT2D eigenvalue weighted by molar-refractivity contribution is -0.297. The molecule has 1 saturated carbocycles. The highest BCUT2D eigenvalue weighted by molar-refractivity contribution is 6.30. The van der Waals surface area contributed by atoms with Gasteiger partial charge >= 0.3 is 0 Å². The molecule has 7 unspecified atom stereocenters. The van der Waals surface area contributed by atoms with Crippen molar-refractivity contribution in [3.63, 3.8) is 0 Å². The van der Waals surface area contributed by atoms with Crippen molar-refractivity contribution in [1.29, 1.82) is 21.2 Å². The second-order valence-electron chi connectivity index (χ2n) is 8.76. The van der Waals surface area contributed by atoms with E-state index in [-0.39, 0.29) is 17.7 Å². The van der Waals surface area contributed by atoms with Gasteiger partial charge in [0.05, 0.1) is 30.2 Å². The minimum absolute atomic E-state index is 0.104.